The fourth-order valence-corrected chi connectivity index (χ4v) is 3.11. The molecular weight excluding hydrogens is 326 g/mol. The van der Waals surface area contributed by atoms with E-state index in [0.29, 0.717) is 16.7 Å². The predicted octanol–water partition coefficient (Wildman–Crippen LogP) is 1.34. The molecule has 8 nitrogen and oxygen atoms in total. The molecule has 2 N–H and O–H groups in total. The van der Waals surface area contributed by atoms with Gasteiger partial charge in [-0.1, -0.05) is 23.0 Å². The topological polar surface area (TPSA) is 128 Å². The fourth-order valence-electron chi connectivity index (χ4n) is 1.68. The molecule has 3 aromatic heterocycles. The minimum atomic E-state index is -0.642. The summed E-state index contributed by atoms with van der Waals surface area (Å²) in [5, 5.41) is 14.8. The number of thioether (sulfide) groups is 1. The first-order chi connectivity index (χ1) is 10.7. The Hall–Kier alpha value is -2.64. The number of H-pyrrole nitrogens is 2. The smallest absolute Gasteiger partial charge is 0.300 e. The van der Waals surface area contributed by atoms with Crippen LogP contribution >= 0.6 is 23.1 Å². The maximum atomic E-state index is 12.0. The van der Waals surface area contributed by atoms with E-state index in [2.05, 4.69) is 24.6 Å². The molecular formula is C12H7N5O3S2. The van der Waals surface area contributed by atoms with Crippen LogP contribution in [-0.4, -0.2) is 20.1 Å². The highest BCUT2D eigenvalue weighted by molar-refractivity contribution is 7.98. The Kier molecular flexibility index (Phi) is 3.90. The van der Waals surface area contributed by atoms with Crippen molar-refractivity contribution in [2.75, 3.05) is 0 Å². The number of rotatable bonds is 4. The van der Waals surface area contributed by atoms with Crippen LogP contribution < -0.4 is 11.3 Å². The van der Waals surface area contributed by atoms with Crippen molar-refractivity contribution in [2.24, 2.45) is 0 Å². The Balaban J connectivity index is 1.94. The standard InChI is InChI=1S/C12H7N5O3S2/c13-4-6-9(7-2-1-3-21-7)15-11(16-10(6)18)22-5-8-14-12(19)20-17-8/h1-3H,5H2,(H,14,17,19)(H,15,16,18). The largest absolute Gasteiger partial charge is 0.438 e. The molecule has 0 aromatic carbocycles. The van der Waals surface area contributed by atoms with Gasteiger partial charge < -0.3 is 4.98 Å². The van der Waals surface area contributed by atoms with Gasteiger partial charge in [0.15, 0.2) is 11.0 Å². The summed E-state index contributed by atoms with van der Waals surface area (Å²) in [6.07, 6.45) is 0. The average Bonchev–Trinajstić information content (AvgIpc) is 3.16. The highest BCUT2D eigenvalue weighted by Gasteiger charge is 2.14. The molecule has 0 radical (unpaired) electrons. The molecule has 0 saturated heterocycles. The van der Waals surface area contributed by atoms with Crippen LogP contribution in [0, 0.1) is 11.3 Å². The van der Waals surface area contributed by atoms with Crippen molar-refractivity contribution in [1.29, 1.82) is 5.26 Å². The lowest BCUT2D eigenvalue weighted by atomic mass is 10.2. The Morgan fingerprint density at radius 1 is 1.41 bits per heavy atom. The molecule has 0 amide bonds. The van der Waals surface area contributed by atoms with Crippen LogP contribution in [-0.2, 0) is 5.75 Å². The lowest BCUT2D eigenvalue weighted by Gasteiger charge is -2.03. The van der Waals surface area contributed by atoms with Crippen LogP contribution in [0.4, 0.5) is 0 Å². The second-order valence-corrected chi connectivity index (χ2v) is 5.93. The van der Waals surface area contributed by atoms with E-state index >= 15 is 0 Å². The van der Waals surface area contributed by atoms with Crippen molar-refractivity contribution in [3.8, 4) is 16.6 Å². The number of nitrogens with one attached hydrogen (secondary N) is 2. The third-order valence-corrected chi connectivity index (χ3v) is 4.36. The third-order valence-electron chi connectivity index (χ3n) is 2.59. The zero-order chi connectivity index (χ0) is 15.5. The van der Waals surface area contributed by atoms with E-state index in [4.69, 9.17) is 5.26 Å². The van der Waals surface area contributed by atoms with E-state index in [1.807, 2.05) is 17.5 Å². The maximum absolute atomic E-state index is 12.0. The van der Waals surface area contributed by atoms with Crippen molar-refractivity contribution < 1.29 is 4.52 Å². The number of aromatic nitrogens is 4. The van der Waals surface area contributed by atoms with Crippen LogP contribution in [0.5, 0.6) is 0 Å². The second kappa shape index (κ2) is 6.00. The Labute approximate surface area is 130 Å². The molecule has 0 fully saturated rings. The molecule has 0 spiro atoms. The summed E-state index contributed by atoms with van der Waals surface area (Å²) in [6.45, 7) is 0. The molecule has 0 saturated carbocycles. The summed E-state index contributed by atoms with van der Waals surface area (Å²) in [5.74, 6) is -0.0411. The van der Waals surface area contributed by atoms with E-state index in [9.17, 15) is 9.59 Å². The number of thiophene rings is 1. The van der Waals surface area contributed by atoms with E-state index in [1.54, 1.807) is 6.07 Å². The zero-order valence-corrected chi connectivity index (χ0v) is 12.5. The van der Waals surface area contributed by atoms with Crippen molar-refractivity contribution in [1.82, 2.24) is 20.1 Å². The third kappa shape index (κ3) is 2.85. The number of nitriles is 1. The van der Waals surface area contributed by atoms with Gasteiger partial charge in [0.25, 0.3) is 5.56 Å². The lowest BCUT2D eigenvalue weighted by Crippen LogP contribution is -2.14. The van der Waals surface area contributed by atoms with Crippen LogP contribution in [0.1, 0.15) is 11.4 Å². The summed E-state index contributed by atoms with van der Waals surface area (Å²) < 4.78 is 4.39. The van der Waals surface area contributed by atoms with Gasteiger partial charge in [-0.15, -0.1) is 11.3 Å². The SMILES string of the molecule is N#Cc1c(-c2cccs2)nc(SCc2noc(=O)[nH]2)[nH]c1=O. The van der Waals surface area contributed by atoms with Crippen LogP contribution in [0.2, 0.25) is 0 Å². The van der Waals surface area contributed by atoms with Crippen molar-refractivity contribution in [3.63, 3.8) is 0 Å². The zero-order valence-electron chi connectivity index (χ0n) is 10.8. The van der Waals surface area contributed by atoms with Crippen molar-refractivity contribution >= 4 is 23.1 Å². The van der Waals surface area contributed by atoms with Crippen molar-refractivity contribution in [3.05, 3.63) is 49.8 Å². The molecule has 0 aliphatic rings. The molecule has 0 aliphatic carbocycles. The molecule has 110 valence electrons. The summed E-state index contributed by atoms with van der Waals surface area (Å²) in [5.41, 5.74) is -0.184. The molecule has 0 unspecified atom stereocenters. The Morgan fingerprint density at radius 2 is 2.27 bits per heavy atom. The van der Waals surface area contributed by atoms with Gasteiger partial charge in [-0.3, -0.25) is 14.3 Å². The van der Waals surface area contributed by atoms with Gasteiger partial charge in [-0.2, -0.15) is 5.26 Å². The first-order valence-corrected chi connectivity index (χ1v) is 7.80. The average molecular weight is 333 g/mol. The molecule has 3 aromatic rings. The fraction of sp³-hybridized carbons (Fsp3) is 0.0833. The predicted molar refractivity (Wildman–Crippen MR) is 79.6 cm³/mol. The van der Waals surface area contributed by atoms with E-state index < -0.39 is 11.3 Å². The van der Waals surface area contributed by atoms with Crippen LogP contribution in [0.15, 0.2) is 36.8 Å². The lowest BCUT2D eigenvalue weighted by molar-refractivity contribution is 0.383. The normalized spacial score (nSPS) is 10.5. The highest BCUT2D eigenvalue weighted by atomic mass is 32.2. The summed E-state index contributed by atoms with van der Waals surface area (Å²) >= 11 is 2.56. The molecule has 10 heteroatoms. The molecule has 0 atom stereocenters. The minimum absolute atomic E-state index is 0.0263. The van der Waals surface area contributed by atoms with Crippen LogP contribution in [0.25, 0.3) is 10.6 Å². The van der Waals surface area contributed by atoms with E-state index in [0.717, 1.165) is 4.88 Å². The summed E-state index contributed by atoms with van der Waals surface area (Å²) in [4.78, 5) is 32.8. The maximum Gasteiger partial charge on any atom is 0.438 e. The van der Waals surface area contributed by atoms with Gasteiger partial charge in [0.1, 0.15) is 17.3 Å². The second-order valence-electron chi connectivity index (χ2n) is 4.01. The molecule has 3 rings (SSSR count). The Morgan fingerprint density at radius 3 is 2.91 bits per heavy atom. The number of hydrogen-bond acceptors (Lipinski definition) is 8. The molecule has 3 heterocycles. The summed E-state index contributed by atoms with van der Waals surface area (Å²) in [7, 11) is 0. The minimum Gasteiger partial charge on any atom is -0.300 e. The quantitative estimate of drug-likeness (QED) is 0.544. The number of hydrogen-bond donors (Lipinski definition) is 2. The first-order valence-electron chi connectivity index (χ1n) is 5.93. The van der Waals surface area contributed by atoms with Gasteiger partial charge in [0.2, 0.25) is 0 Å². The Bertz CT molecular complexity index is 948. The van der Waals surface area contributed by atoms with Gasteiger partial charge in [0.05, 0.1) is 10.6 Å². The number of nitrogens with zero attached hydrogens (tertiary/aromatic N) is 3. The molecule has 22 heavy (non-hydrogen) atoms. The molecule has 0 aliphatic heterocycles. The monoisotopic (exact) mass is 333 g/mol. The van der Waals surface area contributed by atoms with Gasteiger partial charge in [0, 0.05) is 0 Å². The first kappa shape index (κ1) is 14.3. The molecule has 0 bridgehead atoms. The van der Waals surface area contributed by atoms with Crippen LogP contribution in [0.3, 0.4) is 0 Å². The highest BCUT2D eigenvalue weighted by Crippen LogP contribution is 2.26. The van der Waals surface area contributed by atoms with Gasteiger partial charge in [-0.25, -0.2) is 9.78 Å². The van der Waals surface area contributed by atoms with E-state index in [-0.39, 0.29) is 11.3 Å². The van der Waals surface area contributed by atoms with E-state index in [1.165, 1.54) is 23.1 Å². The van der Waals surface area contributed by atoms with Gasteiger partial charge >= 0.3 is 5.76 Å². The van der Waals surface area contributed by atoms with Gasteiger partial charge in [-0.05, 0) is 11.4 Å². The van der Waals surface area contributed by atoms with Crippen molar-refractivity contribution in [2.45, 2.75) is 10.9 Å². The summed E-state index contributed by atoms with van der Waals surface area (Å²) in [6, 6.07) is 5.48. The number of aromatic amines is 2.